The number of hydrogen-bond donors (Lipinski definition) is 1. The monoisotopic (exact) mass is 272 g/mol. The highest BCUT2D eigenvalue weighted by Crippen LogP contribution is 2.11. The second kappa shape index (κ2) is 6.56. The maximum absolute atomic E-state index is 12.3. The van der Waals surface area contributed by atoms with Crippen LogP contribution in [0.1, 0.15) is 22.3 Å². The van der Waals surface area contributed by atoms with Crippen molar-refractivity contribution in [1.82, 2.24) is 4.90 Å². The van der Waals surface area contributed by atoms with E-state index in [-0.39, 0.29) is 18.9 Å². The van der Waals surface area contributed by atoms with Crippen LogP contribution in [0.5, 0.6) is 0 Å². The van der Waals surface area contributed by atoms with Gasteiger partial charge in [0.25, 0.3) is 5.91 Å². The average Bonchev–Trinajstić information content (AvgIpc) is 2.97. The second-order valence-electron chi connectivity index (χ2n) is 4.44. The Labute approximate surface area is 117 Å². The fourth-order valence-corrected chi connectivity index (χ4v) is 1.87. The highest BCUT2D eigenvalue weighted by molar-refractivity contribution is 5.94. The molecule has 0 radical (unpaired) electrons. The number of amides is 2. The summed E-state index contributed by atoms with van der Waals surface area (Å²) in [5, 5.41) is 0. The highest BCUT2D eigenvalue weighted by Gasteiger charge is 2.17. The van der Waals surface area contributed by atoms with Crippen molar-refractivity contribution in [2.45, 2.75) is 13.0 Å². The number of nitrogens with two attached hydrogens (primary N) is 1. The molecule has 1 aromatic carbocycles. The molecule has 5 nitrogen and oxygen atoms in total. The maximum Gasteiger partial charge on any atom is 0.257 e. The van der Waals surface area contributed by atoms with E-state index in [4.69, 9.17) is 10.2 Å². The van der Waals surface area contributed by atoms with Gasteiger partial charge in [0.2, 0.25) is 5.91 Å². The Hall–Kier alpha value is -2.56. The van der Waals surface area contributed by atoms with E-state index in [1.807, 2.05) is 30.3 Å². The molecule has 5 heteroatoms. The zero-order valence-corrected chi connectivity index (χ0v) is 11.0. The Bertz CT molecular complexity index is 564. The van der Waals surface area contributed by atoms with Gasteiger partial charge in [-0.1, -0.05) is 30.3 Å². The zero-order valence-electron chi connectivity index (χ0n) is 11.0. The third kappa shape index (κ3) is 3.71. The number of furan rings is 1. The van der Waals surface area contributed by atoms with Gasteiger partial charge in [-0.15, -0.1) is 0 Å². The maximum atomic E-state index is 12.3. The third-order valence-electron chi connectivity index (χ3n) is 2.90. The first-order valence-corrected chi connectivity index (χ1v) is 6.30. The summed E-state index contributed by atoms with van der Waals surface area (Å²) in [6.45, 7) is 0.715. The summed E-state index contributed by atoms with van der Waals surface area (Å²) in [6, 6.07) is 11.2. The molecule has 0 atom stereocenters. The molecule has 2 N–H and O–H groups in total. The summed E-state index contributed by atoms with van der Waals surface area (Å²) < 4.78 is 4.92. The molecule has 0 unspecified atom stereocenters. The summed E-state index contributed by atoms with van der Waals surface area (Å²) >= 11 is 0. The average molecular weight is 272 g/mol. The lowest BCUT2D eigenvalue weighted by molar-refractivity contribution is -0.118. The van der Waals surface area contributed by atoms with Crippen LogP contribution in [0.15, 0.2) is 53.3 Å². The molecule has 2 aromatic rings. The SMILES string of the molecule is NC(=O)CCN(Cc1ccccc1)C(=O)c1ccoc1. The molecule has 104 valence electrons. The number of carbonyl (C=O) groups excluding carboxylic acids is 2. The molecule has 0 aliphatic rings. The van der Waals surface area contributed by atoms with Crippen LogP contribution in [0.4, 0.5) is 0 Å². The molecular weight excluding hydrogens is 256 g/mol. The van der Waals surface area contributed by atoms with Gasteiger partial charge in [-0.3, -0.25) is 9.59 Å². The molecule has 0 fully saturated rings. The molecule has 1 heterocycles. The van der Waals surface area contributed by atoms with Crippen molar-refractivity contribution >= 4 is 11.8 Å². The predicted molar refractivity (Wildman–Crippen MR) is 73.7 cm³/mol. The quantitative estimate of drug-likeness (QED) is 0.871. The lowest BCUT2D eigenvalue weighted by Crippen LogP contribution is -2.33. The van der Waals surface area contributed by atoms with E-state index < -0.39 is 5.91 Å². The van der Waals surface area contributed by atoms with E-state index >= 15 is 0 Å². The number of primary amides is 1. The van der Waals surface area contributed by atoms with Crippen molar-refractivity contribution in [3.63, 3.8) is 0 Å². The first-order valence-electron chi connectivity index (χ1n) is 6.30. The van der Waals surface area contributed by atoms with Crippen molar-refractivity contribution in [1.29, 1.82) is 0 Å². The smallest absolute Gasteiger partial charge is 0.257 e. The number of benzene rings is 1. The lowest BCUT2D eigenvalue weighted by atomic mass is 10.2. The van der Waals surface area contributed by atoms with Gasteiger partial charge in [0.05, 0.1) is 11.8 Å². The summed E-state index contributed by atoms with van der Waals surface area (Å²) in [6.07, 6.45) is 2.98. The minimum atomic E-state index is -0.428. The molecule has 0 aliphatic carbocycles. The van der Waals surface area contributed by atoms with Crippen LogP contribution in [0.25, 0.3) is 0 Å². The number of nitrogens with zero attached hydrogens (tertiary/aromatic N) is 1. The Morgan fingerprint density at radius 2 is 1.90 bits per heavy atom. The Morgan fingerprint density at radius 3 is 2.50 bits per heavy atom. The van der Waals surface area contributed by atoms with Crippen LogP contribution in [0.3, 0.4) is 0 Å². The normalized spacial score (nSPS) is 10.2. The van der Waals surface area contributed by atoms with Crippen molar-refractivity contribution in [2.75, 3.05) is 6.54 Å². The number of hydrogen-bond acceptors (Lipinski definition) is 3. The van der Waals surface area contributed by atoms with E-state index in [1.165, 1.54) is 12.5 Å². The van der Waals surface area contributed by atoms with E-state index in [0.29, 0.717) is 12.1 Å². The van der Waals surface area contributed by atoms with E-state index in [2.05, 4.69) is 0 Å². The minimum Gasteiger partial charge on any atom is -0.472 e. The largest absolute Gasteiger partial charge is 0.472 e. The first-order chi connectivity index (χ1) is 9.66. The van der Waals surface area contributed by atoms with Crippen LogP contribution in [-0.2, 0) is 11.3 Å². The van der Waals surface area contributed by atoms with Gasteiger partial charge < -0.3 is 15.1 Å². The topological polar surface area (TPSA) is 76.5 Å². The van der Waals surface area contributed by atoms with Crippen molar-refractivity contribution in [3.8, 4) is 0 Å². The minimum absolute atomic E-state index is 0.135. The van der Waals surface area contributed by atoms with Gasteiger partial charge in [-0.05, 0) is 11.6 Å². The second-order valence-corrected chi connectivity index (χ2v) is 4.44. The molecule has 20 heavy (non-hydrogen) atoms. The molecule has 0 saturated carbocycles. The Balaban J connectivity index is 2.12. The van der Waals surface area contributed by atoms with Crippen LogP contribution in [-0.4, -0.2) is 23.3 Å². The van der Waals surface area contributed by atoms with Gasteiger partial charge in [-0.2, -0.15) is 0 Å². The molecule has 0 aliphatic heterocycles. The van der Waals surface area contributed by atoms with Crippen LogP contribution in [0.2, 0.25) is 0 Å². The fraction of sp³-hybridized carbons (Fsp3) is 0.200. The third-order valence-corrected chi connectivity index (χ3v) is 2.90. The van der Waals surface area contributed by atoms with Crippen molar-refractivity contribution in [2.24, 2.45) is 5.73 Å². The van der Waals surface area contributed by atoms with Crippen molar-refractivity contribution < 1.29 is 14.0 Å². The van der Waals surface area contributed by atoms with Gasteiger partial charge in [0.15, 0.2) is 0 Å². The molecule has 2 rings (SSSR count). The van der Waals surface area contributed by atoms with Crippen LogP contribution >= 0.6 is 0 Å². The molecular formula is C15H16N2O3. The summed E-state index contributed by atoms with van der Waals surface area (Å²) in [4.78, 5) is 24.9. The van der Waals surface area contributed by atoms with Crippen LogP contribution in [0, 0.1) is 0 Å². The predicted octanol–water partition coefficient (Wildman–Crippen LogP) is 1.80. The molecule has 0 saturated heterocycles. The Morgan fingerprint density at radius 1 is 1.15 bits per heavy atom. The molecule has 0 spiro atoms. The highest BCUT2D eigenvalue weighted by atomic mass is 16.3. The van der Waals surface area contributed by atoms with Gasteiger partial charge in [-0.25, -0.2) is 0 Å². The zero-order chi connectivity index (χ0) is 14.4. The van der Waals surface area contributed by atoms with Gasteiger partial charge >= 0.3 is 0 Å². The van der Waals surface area contributed by atoms with E-state index in [1.54, 1.807) is 11.0 Å². The van der Waals surface area contributed by atoms with Crippen LogP contribution < -0.4 is 5.73 Å². The fourth-order valence-electron chi connectivity index (χ4n) is 1.87. The number of rotatable bonds is 6. The summed E-state index contributed by atoms with van der Waals surface area (Å²) in [7, 11) is 0. The molecule has 1 aromatic heterocycles. The van der Waals surface area contributed by atoms with E-state index in [0.717, 1.165) is 5.56 Å². The van der Waals surface area contributed by atoms with Crippen molar-refractivity contribution in [3.05, 3.63) is 60.1 Å². The standard InChI is InChI=1S/C15H16N2O3/c16-14(18)6-8-17(10-12-4-2-1-3-5-12)15(19)13-7-9-20-11-13/h1-5,7,9,11H,6,8,10H2,(H2,16,18). The number of carbonyl (C=O) groups is 2. The van der Waals surface area contributed by atoms with Gasteiger partial charge in [0, 0.05) is 19.5 Å². The molecule has 2 amide bonds. The Kier molecular flexibility index (Phi) is 4.55. The van der Waals surface area contributed by atoms with E-state index in [9.17, 15) is 9.59 Å². The summed E-state index contributed by atoms with van der Waals surface area (Å²) in [5.41, 5.74) is 6.62. The summed E-state index contributed by atoms with van der Waals surface area (Å²) in [5.74, 6) is -0.605. The first kappa shape index (κ1) is 13.9. The van der Waals surface area contributed by atoms with Gasteiger partial charge in [0.1, 0.15) is 6.26 Å². The molecule has 0 bridgehead atoms. The lowest BCUT2D eigenvalue weighted by Gasteiger charge is -2.21.